The monoisotopic (exact) mass is 226 g/mol. The largest absolute Gasteiger partial charge is 0.346 e. The van der Waals surface area contributed by atoms with Gasteiger partial charge in [0, 0.05) is 0 Å². The highest BCUT2D eigenvalue weighted by molar-refractivity contribution is 7.52. The molecular formula is C9H11N2O3P. The molecule has 1 atom stereocenters. The summed E-state index contributed by atoms with van der Waals surface area (Å²) in [6, 6.07) is 10.1. The fourth-order valence-corrected chi connectivity index (χ4v) is 2.10. The molecule has 0 radical (unpaired) electrons. The molecule has 3 N–H and O–H groups in total. The van der Waals surface area contributed by atoms with Gasteiger partial charge < -0.3 is 9.79 Å². The van der Waals surface area contributed by atoms with E-state index in [0.29, 0.717) is 5.56 Å². The third kappa shape index (κ3) is 3.46. The zero-order chi connectivity index (χ0) is 11.3. The van der Waals surface area contributed by atoms with E-state index < -0.39 is 13.4 Å². The van der Waals surface area contributed by atoms with Gasteiger partial charge in [0.25, 0.3) is 0 Å². The van der Waals surface area contributed by atoms with Crippen molar-refractivity contribution in [2.24, 2.45) is 0 Å². The van der Waals surface area contributed by atoms with E-state index in [1.165, 1.54) is 0 Å². The Morgan fingerprint density at radius 1 is 1.40 bits per heavy atom. The van der Waals surface area contributed by atoms with E-state index in [-0.39, 0.29) is 6.54 Å². The second-order valence-electron chi connectivity index (χ2n) is 2.94. The number of benzene rings is 1. The van der Waals surface area contributed by atoms with Crippen LogP contribution in [0.5, 0.6) is 0 Å². The van der Waals surface area contributed by atoms with Gasteiger partial charge >= 0.3 is 7.60 Å². The van der Waals surface area contributed by atoms with Crippen molar-refractivity contribution in [2.45, 2.75) is 5.78 Å². The Bertz CT molecular complexity index is 396. The number of hydrogen-bond donors (Lipinski definition) is 3. The summed E-state index contributed by atoms with van der Waals surface area (Å²) in [7, 11) is -4.29. The van der Waals surface area contributed by atoms with E-state index in [4.69, 9.17) is 15.0 Å². The number of nitriles is 1. The van der Waals surface area contributed by atoms with Gasteiger partial charge in [-0.25, -0.2) is 0 Å². The lowest BCUT2D eigenvalue weighted by molar-refractivity contribution is 0.350. The summed E-state index contributed by atoms with van der Waals surface area (Å²) in [6.45, 7) is -0.106. The van der Waals surface area contributed by atoms with Gasteiger partial charge in [0.15, 0.2) is 0 Å². The van der Waals surface area contributed by atoms with E-state index >= 15 is 0 Å². The quantitative estimate of drug-likeness (QED) is 0.525. The van der Waals surface area contributed by atoms with Crippen molar-refractivity contribution >= 4 is 7.60 Å². The molecule has 0 aliphatic carbocycles. The van der Waals surface area contributed by atoms with Crippen LogP contribution in [0.25, 0.3) is 0 Å². The molecule has 0 saturated carbocycles. The standard InChI is InChI=1S/C9H11N2O3P/c10-6-7-11-9(15(12,13)14)8-4-2-1-3-5-8/h1-5,9,11H,7H2,(H2,12,13,14). The second-order valence-corrected chi connectivity index (χ2v) is 4.64. The maximum atomic E-state index is 11.2. The average molecular weight is 226 g/mol. The average Bonchev–Trinajstić information content (AvgIpc) is 2.18. The first-order valence-electron chi connectivity index (χ1n) is 4.26. The maximum Gasteiger partial charge on any atom is 0.346 e. The zero-order valence-corrected chi connectivity index (χ0v) is 8.76. The van der Waals surface area contributed by atoms with E-state index in [9.17, 15) is 4.57 Å². The van der Waals surface area contributed by atoms with Crippen LogP contribution >= 0.6 is 7.60 Å². The number of rotatable bonds is 4. The van der Waals surface area contributed by atoms with Crippen molar-refractivity contribution in [1.29, 1.82) is 5.26 Å². The smallest absolute Gasteiger partial charge is 0.323 e. The molecule has 0 spiro atoms. The molecule has 0 amide bonds. The van der Waals surface area contributed by atoms with Gasteiger partial charge in [-0.05, 0) is 5.56 Å². The van der Waals surface area contributed by atoms with Crippen LogP contribution in [0.3, 0.4) is 0 Å². The molecule has 0 fully saturated rings. The van der Waals surface area contributed by atoms with Gasteiger partial charge in [-0.15, -0.1) is 0 Å². The molecule has 0 aliphatic heterocycles. The molecule has 6 heteroatoms. The van der Waals surface area contributed by atoms with Crippen molar-refractivity contribution in [1.82, 2.24) is 5.32 Å². The minimum atomic E-state index is -4.29. The van der Waals surface area contributed by atoms with Crippen LogP contribution in [-0.4, -0.2) is 16.3 Å². The van der Waals surface area contributed by atoms with Gasteiger partial charge in [-0.3, -0.25) is 9.88 Å². The molecule has 5 nitrogen and oxygen atoms in total. The molecule has 1 rings (SSSR count). The third-order valence-electron chi connectivity index (χ3n) is 1.83. The maximum absolute atomic E-state index is 11.2. The minimum absolute atomic E-state index is 0.106. The number of nitrogens with one attached hydrogen (secondary N) is 1. The summed E-state index contributed by atoms with van der Waals surface area (Å²) in [5.41, 5.74) is 0.473. The molecular weight excluding hydrogens is 215 g/mol. The van der Waals surface area contributed by atoms with Crippen LogP contribution < -0.4 is 5.32 Å². The van der Waals surface area contributed by atoms with Crippen molar-refractivity contribution in [3.8, 4) is 6.07 Å². The van der Waals surface area contributed by atoms with Crippen molar-refractivity contribution in [2.75, 3.05) is 6.54 Å². The molecule has 0 saturated heterocycles. The normalized spacial score (nSPS) is 13.1. The first-order chi connectivity index (χ1) is 7.05. The Hall–Kier alpha value is -1.18. The SMILES string of the molecule is N#CCNC(c1ccccc1)P(=O)(O)O. The lowest BCUT2D eigenvalue weighted by Gasteiger charge is -2.18. The first-order valence-corrected chi connectivity index (χ1v) is 5.94. The fourth-order valence-electron chi connectivity index (χ4n) is 1.21. The molecule has 0 heterocycles. The Morgan fingerprint density at radius 2 is 2.00 bits per heavy atom. The zero-order valence-electron chi connectivity index (χ0n) is 7.87. The fraction of sp³-hybridized carbons (Fsp3) is 0.222. The third-order valence-corrected chi connectivity index (χ3v) is 2.98. The summed E-state index contributed by atoms with van der Waals surface area (Å²) < 4.78 is 11.2. The summed E-state index contributed by atoms with van der Waals surface area (Å²) in [4.78, 5) is 18.2. The molecule has 1 aromatic carbocycles. The summed E-state index contributed by atoms with van der Waals surface area (Å²) in [5.74, 6) is -1.11. The van der Waals surface area contributed by atoms with Gasteiger partial charge in [-0.2, -0.15) is 5.26 Å². The predicted octanol–water partition coefficient (Wildman–Crippen LogP) is 0.976. The lowest BCUT2D eigenvalue weighted by atomic mass is 10.2. The molecule has 1 unspecified atom stereocenters. The highest BCUT2D eigenvalue weighted by Gasteiger charge is 2.29. The van der Waals surface area contributed by atoms with E-state index in [0.717, 1.165) is 0 Å². The van der Waals surface area contributed by atoms with E-state index in [2.05, 4.69) is 5.32 Å². The van der Waals surface area contributed by atoms with Gasteiger partial charge in [0.2, 0.25) is 0 Å². The second kappa shape index (κ2) is 5.06. The van der Waals surface area contributed by atoms with Crippen LogP contribution in [0, 0.1) is 11.3 Å². The molecule has 1 aromatic rings. The van der Waals surface area contributed by atoms with Crippen molar-refractivity contribution in [3.05, 3.63) is 35.9 Å². The minimum Gasteiger partial charge on any atom is -0.323 e. The molecule has 0 aliphatic rings. The molecule has 0 bridgehead atoms. The molecule has 80 valence electrons. The van der Waals surface area contributed by atoms with Crippen molar-refractivity contribution in [3.63, 3.8) is 0 Å². The Labute approximate surface area is 87.5 Å². The predicted molar refractivity (Wildman–Crippen MR) is 54.8 cm³/mol. The van der Waals surface area contributed by atoms with Crippen LogP contribution in [0.1, 0.15) is 11.3 Å². The Balaban J connectivity index is 2.93. The van der Waals surface area contributed by atoms with Gasteiger partial charge in [-0.1, -0.05) is 30.3 Å². The van der Waals surface area contributed by atoms with Crippen LogP contribution in [0.4, 0.5) is 0 Å². The Kier molecular flexibility index (Phi) is 4.01. The summed E-state index contributed by atoms with van der Waals surface area (Å²) >= 11 is 0. The summed E-state index contributed by atoms with van der Waals surface area (Å²) in [5, 5.41) is 10.9. The molecule has 0 aromatic heterocycles. The van der Waals surface area contributed by atoms with E-state index in [1.807, 2.05) is 0 Å². The first kappa shape index (κ1) is 11.9. The highest BCUT2D eigenvalue weighted by atomic mass is 31.2. The number of nitrogens with zero attached hydrogens (tertiary/aromatic N) is 1. The van der Waals surface area contributed by atoms with Gasteiger partial charge in [0.1, 0.15) is 5.78 Å². The van der Waals surface area contributed by atoms with Crippen LogP contribution in [-0.2, 0) is 4.57 Å². The highest BCUT2D eigenvalue weighted by Crippen LogP contribution is 2.49. The summed E-state index contributed by atoms with van der Waals surface area (Å²) in [6.07, 6.45) is 0. The topological polar surface area (TPSA) is 93.4 Å². The van der Waals surface area contributed by atoms with Crippen LogP contribution in [0.15, 0.2) is 30.3 Å². The van der Waals surface area contributed by atoms with Gasteiger partial charge in [0.05, 0.1) is 12.6 Å². The van der Waals surface area contributed by atoms with Crippen LogP contribution in [0.2, 0.25) is 0 Å². The number of hydrogen-bond acceptors (Lipinski definition) is 3. The van der Waals surface area contributed by atoms with E-state index in [1.54, 1.807) is 36.4 Å². The molecule has 15 heavy (non-hydrogen) atoms. The van der Waals surface area contributed by atoms with Crippen molar-refractivity contribution < 1.29 is 14.4 Å². The Morgan fingerprint density at radius 3 is 2.47 bits per heavy atom. The lowest BCUT2D eigenvalue weighted by Crippen LogP contribution is -2.21.